The molecule has 1 unspecified atom stereocenters. The second kappa shape index (κ2) is 8.35. The van der Waals surface area contributed by atoms with Gasteiger partial charge in [0, 0.05) is 4.90 Å². The van der Waals surface area contributed by atoms with Crippen LogP contribution in [0.3, 0.4) is 0 Å². The zero-order valence-corrected chi connectivity index (χ0v) is 12.3. The first-order valence-electron chi connectivity index (χ1n) is 6.78. The summed E-state index contributed by atoms with van der Waals surface area (Å²) < 4.78 is 37.8. The lowest BCUT2D eigenvalue weighted by atomic mass is 10.1. The van der Waals surface area contributed by atoms with Crippen molar-refractivity contribution in [3.63, 3.8) is 0 Å². The van der Waals surface area contributed by atoms with Crippen LogP contribution in [0.2, 0.25) is 0 Å². The van der Waals surface area contributed by atoms with Crippen molar-refractivity contribution in [2.45, 2.75) is 55.3 Å². The molecule has 0 heterocycles. The van der Waals surface area contributed by atoms with Gasteiger partial charge < -0.3 is 0 Å². The van der Waals surface area contributed by atoms with Crippen LogP contribution in [0.15, 0.2) is 35.2 Å². The molecule has 1 aromatic rings. The van der Waals surface area contributed by atoms with Gasteiger partial charge >= 0.3 is 6.18 Å². The van der Waals surface area contributed by atoms with Gasteiger partial charge in [-0.3, -0.25) is 4.79 Å². The van der Waals surface area contributed by atoms with Crippen LogP contribution >= 0.6 is 11.8 Å². The molecule has 0 saturated carbocycles. The standard InChI is InChI=1S/C15H19F3OS/c1-2-3-4-8-11-13(14(19)15(16,17)18)20-12-9-6-5-7-10-12/h5-7,9-10,13H,2-4,8,11H2,1H3. The van der Waals surface area contributed by atoms with Crippen molar-refractivity contribution < 1.29 is 18.0 Å². The number of hydrogen-bond acceptors (Lipinski definition) is 2. The Labute approximate surface area is 121 Å². The number of halogens is 3. The number of benzene rings is 1. The predicted molar refractivity (Wildman–Crippen MR) is 75.9 cm³/mol. The van der Waals surface area contributed by atoms with Crippen molar-refractivity contribution >= 4 is 17.5 Å². The Morgan fingerprint density at radius 2 is 1.80 bits per heavy atom. The molecule has 0 aromatic heterocycles. The highest BCUT2D eigenvalue weighted by Crippen LogP contribution is 2.32. The molecule has 0 saturated heterocycles. The van der Waals surface area contributed by atoms with Crippen LogP contribution in [0.1, 0.15) is 39.0 Å². The number of rotatable bonds is 8. The maximum absolute atomic E-state index is 12.6. The van der Waals surface area contributed by atoms with Gasteiger partial charge in [-0.2, -0.15) is 13.2 Å². The molecule has 0 bridgehead atoms. The van der Waals surface area contributed by atoms with Gasteiger partial charge in [-0.05, 0) is 18.6 Å². The largest absolute Gasteiger partial charge is 0.451 e. The van der Waals surface area contributed by atoms with Crippen LogP contribution in [-0.2, 0) is 4.79 Å². The summed E-state index contributed by atoms with van der Waals surface area (Å²) in [6.45, 7) is 2.04. The molecule has 0 fully saturated rings. The maximum atomic E-state index is 12.6. The maximum Gasteiger partial charge on any atom is 0.451 e. The highest BCUT2D eigenvalue weighted by molar-refractivity contribution is 8.00. The number of carbonyl (C=O) groups is 1. The Morgan fingerprint density at radius 1 is 1.15 bits per heavy atom. The normalized spacial score (nSPS) is 13.2. The Hall–Kier alpha value is -0.970. The van der Waals surface area contributed by atoms with Crippen LogP contribution in [0.25, 0.3) is 0 Å². The third-order valence-corrected chi connectivity index (χ3v) is 4.19. The summed E-state index contributed by atoms with van der Waals surface area (Å²) in [5.41, 5.74) is 0. The second-order valence-corrected chi connectivity index (χ2v) is 5.91. The van der Waals surface area contributed by atoms with Crippen LogP contribution in [0.5, 0.6) is 0 Å². The van der Waals surface area contributed by atoms with E-state index >= 15 is 0 Å². The fraction of sp³-hybridized carbons (Fsp3) is 0.533. The highest BCUT2D eigenvalue weighted by atomic mass is 32.2. The summed E-state index contributed by atoms with van der Waals surface area (Å²) in [4.78, 5) is 12.2. The monoisotopic (exact) mass is 304 g/mol. The van der Waals surface area contributed by atoms with E-state index in [-0.39, 0.29) is 6.42 Å². The molecule has 0 N–H and O–H groups in total. The predicted octanol–water partition coefficient (Wildman–Crippen LogP) is 5.25. The van der Waals surface area contributed by atoms with E-state index in [0.29, 0.717) is 11.3 Å². The van der Waals surface area contributed by atoms with E-state index in [1.165, 1.54) is 0 Å². The zero-order chi connectivity index (χ0) is 15.0. The first kappa shape index (κ1) is 17.1. The topological polar surface area (TPSA) is 17.1 Å². The van der Waals surface area contributed by atoms with Crippen LogP contribution in [0.4, 0.5) is 13.2 Å². The van der Waals surface area contributed by atoms with Gasteiger partial charge in [0.05, 0.1) is 5.25 Å². The summed E-state index contributed by atoms with van der Waals surface area (Å²) in [5, 5.41) is -1.03. The van der Waals surface area contributed by atoms with Gasteiger partial charge in [0.2, 0.25) is 5.78 Å². The fourth-order valence-corrected chi connectivity index (χ4v) is 3.01. The quantitative estimate of drug-likeness (QED) is 0.482. The second-order valence-electron chi connectivity index (χ2n) is 4.63. The third kappa shape index (κ3) is 5.99. The molecule has 20 heavy (non-hydrogen) atoms. The van der Waals surface area contributed by atoms with E-state index in [1.807, 2.05) is 6.92 Å². The molecule has 112 valence electrons. The first-order valence-corrected chi connectivity index (χ1v) is 7.66. The van der Waals surface area contributed by atoms with E-state index < -0.39 is 17.2 Å². The lowest BCUT2D eigenvalue weighted by molar-refractivity contribution is -0.170. The van der Waals surface area contributed by atoms with Crippen molar-refractivity contribution in [1.29, 1.82) is 0 Å². The minimum Gasteiger partial charge on any atom is -0.288 e. The highest BCUT2D eigenvalue weighted by Gasteiger charge is 2.43. The van der Waals surface area contributed by atoms with Crippen molar-refractivity contribution in [2.75, 3.05) is 0 Å². The zero-order valence-electron chi connectivity index (χ0n) is 11.5. The van der Waals surface area contributed by atoms with Crippen molar-refractivity contribution in [1.82, 2.24) is 0 Å². The van der Waals surface area contributed by atoms with Gasteiger partial charge in [-0.25, -0.2) is 0 Å². The van der Waals surface area contributed by atoms with Crippen LogP contribution in [0, 0.1) is 0 Å². The molecular weight excluding hydrogens is 285 g/mol. The smallest absolute Gasteiger partial charge is 0.288 e. The average Bonchev–Trinajstić information content (AvgIpc) is 2.41. The van der Waals surface area contributed by atoms with Gasteiger partial charge in [0.1, 0.15) is 0 Å². The number of carbonyl (C=O) groups excluding carboxylic acids is 1. The van der Waals surface area contributed by atoms with Gasteiger partial charge in [-0.15, -0.1) is 11.8 Å². The van der Waals surface area contributed by atoms with E-state index in [4.69, 9.17) is 0 Å². The van der Waals surface area contributed by atoms with Crippen molar-refractivity contribution in [2.24, 2.45) is 0 Å². The van der Waals surface area contributed by atoms with Crippen molar-refractivity contribution in [3.8, 4) is 0 Å². The average molecular weight is 304 g/mol. The van der Waals surface area contributed by atoms with E-state index in [0.717, 1.165) is 31.0 Å². The Kier molecular flexibility index (Phi) is 7.13. The van der Waals surface area contributed by atoms with Gasteiger partial charge in [0.25, 0.3) is 0 Å². The summed E-state index contributed by atoms with van der Waals surface area (Å²) in [6, 6.07) is 8.77. The molecule has 0 spiro atoms. The molecule has 0 aliphatic carbocycles. The number of thioether (sulfide) groups is 1. The summed E-state index contributed by atoms with van der Waals surface area (Å²) in [6.07, 6.45) is -0.949. The molecule has 0 aliphatic heterocycles. The minimum absolute atomic E-state index is 0.276. The molecule has 0 radical (unpaired) electrons. The molecule has 5 heteroatoms. The third-order valence-electron chi connectivity index (χ3n) is 2.91. The van der Waals surface area contributed by atoms with Crippen LogP contribution in [-0.4, -0.2) is 17.2 Å². The molecule has 0 aliphatic rings. The van der Waals surface area contributed by atoms with E-state index in [1.54, 1.807) is 30.3 Å². The lowest BCUT2D eigenvalue weighted by Gasteiger charge is -2.17. The Morgan fingerprint density at radius 3 is 2.35 bits per heavy atom. The number of alkyl halides is 3. The number of unbranched alkanes of at least 4 members (excludes halogenated alkanes) is 3. The number of hydrogen-bond donors (Lipinski definition) is 0. The number of ketones is 1. The summed E-state index contributed by atoms with van der Waals surface area (Å²) >= 11 is 1.01. The molecule has 1 atom stereocenters. The SMILES string of the molecule is CCCCCCC(Sc1ccccc1)C(=O)C(F)(F)F. The summed E-state index contributed by atoms with van der Waals surface area (Å²) in [7, 11) is 0. The van der Waals surface area contributed by atoms with Crippen LogP contribution < -0.4 is 0 Å². The molecule has 1 nitrogen and oxygen atoms in total. The number of Topliss-reactive ketones (excluding diaryl/α,β-unsaturated/α-hetero) is 1. The van der Waals surface area contributed by atoms with Gasteiger partial charge in [-0.1, -0.05) is 50.8 Å². The fourth-order valence-electron chi connectivity index (χ4n) is 1.85. The van der Waals surface area contributed by atoms with Crippen molar-refractivity contribution in [3.05, 3.63) is 30.3 Å². The lowest BCUT2D eigenvalue weighted by Crippen LogP contribution is -2.32. The Balaban J connectivity index is 2.66. The Bertz CT molecular complexity index is 403. The molecule has 0 amide bonds. The molecular formula is C15H19F3OS. The van der Waals surface area contributed by atoms with E-state index in [2.05, 4.69) is 0 Å². The molecule has 1 aromatic carbocycles. The first-order chi connectivity index (χ1) is 9.45. The van der Waals surface area contributed by atoms with E-state index in [9.17, 15) is 18.0 Å². The minimum atomic E-state index is -4.75. The van der Waals surface area contributed by atoms with Gasteiger partial charge in [0.15, 0.2) is 0 Å². The molecule has 1 rings (SSSR count). The summed E-state index contributed by atoms with van der Waals surface area (Å²) in [5.74, 6) is -1.62.